The van der Waals surface area contributed by atoms with E-state index in [9.17, 15) is 4.79 Å². The molecule has 2 aromatic carbocycles. The van der Waals surface area contributed by atoms with Gasteiger partial charge in [-0.1, -0.05) is 24.3 Å². The molecule has 3 nitrogen and oxygen atoms in total. The molecular weight excluding hydrogens is 224 g/mol. The summed E-state index contributed by atoms with van der Waals surface area (Å²) < 4.78 is 0. The van der Waals surface area contributed by atoms with Crippen LogP contribution in [-0.2, 0) is 0 Å². The topological polar surface area (TPSA) is 36.1 Å². The van der Waals surface area contributed by atoms with Gasteiger partial charge in [-0.25, -0.2) is 0 Å². The van der Waals surface area contributed by atoms with E-state index in [0.717, 1.165) is 16.4 Å². The van der Waals surface area contributed by atoms with Crippen molar-refractivity contribution in [3.63, 3.8) is 0 Å². The lowest BCUT2D eigenvalue weighted by Crippen LogP contribution is -2.21. The molecule has 0 radical (unpaired) electrons. The highest BCUT2D eigenvalue weighted by Crippen LogP contribution is 2.25. The van der Waals surface area contributed by atoms with E-state index in [4.69, 9.17) is 0 Å². The summed E-state index contributed by atoms with van der Waals surface area (Å²) in [7, 11) is 3.52. The third-order valence-electron chi connectivity index (χ3n) is 3.16. The Kier molecular flexibility index (Phi) is 2.33. The van der Waals surface area contributed by atoms with Gasteiger partial charge >= 0.3 is 0 Å². The molecule has 0 saturated heterocycles. The van der Waals surface area contributed by atoms with Crippen molar-refractivity contribution in [3.05, 3.63) is 48.0 Å². The van der Waals surface area contributed by atoms with Crippen LogP contribution in [0.25, 0.3) is 21.8 Å². The van der Waals surface area contributed by atoms with Gasteiger partial charge in [0.15, 0.2) is 0 Å². The average Bonchev–Trinajstić information content (AvgIpc) is 2.75. The number of nitrogens with one attached hydrogen (secondary N) is 1. The summed E-state index contributed by atoms with van der Waals surface area (Å²) in [6, 6.07) is 14.0. The maximum atomic E-state index is 11.9. The van der Waals surface area contributed by atoms with E-state index < -0.39 is 0 Å². The fourth-order valence-electron chi connectivity index (χ4n) is 2.25. The normalized spacial score (nSPS) is 11.0. The van der Waals surface area contributed by atoms with Crippen LogP contribution in [0.15, 0.2) is 42.5 Å². The van der Waals surface area contributed by atoms with Crippen molar-refractivity contribution in [2.75, 3.05) is 14.1 Å². The lowest BCUT2D eigenvalue weighted by molar-refractivity contribution is 0.0828. The zero-order chi connectivity index (χ0) is 12.7. The van der Waals surface area contributed by atoms with Gasteiger partial charge in [-0.3, -0.25) is 4.79 Å². The van der Waals surface area contributed by atoms with Crippen molar-refractivity contribution in [3.8, 4) is 0 Å². The van der Waals surface area contributed by atoms with Gasteiger partial charge in [-0.15, -0.1) is 0 Å². The molecule has 18 heavy (non-hydrogen) atoms. The van der Waals surface area contributed by atoms with E-state index in [-0.39, 0.29) is 5.91 Å². The first-order chi connectivity index (χ1) is 8.66. The van der Waals surface area contributed by atoms with Crippen LogP contribution in [0.5, 0.6) is 0 Å². The minimum absolute atomic E-state index is 0.0237. The fraction of sp³-hybridized carbons (Fsp3) is 0.133. The maximum absolute atomic E-state index is 11.9. The molecule has 0 aliphatic heterocycles. The highest BCUT2D eigenvalue weighted by molar-refractivity contribution is 6.09. The molecule has 1 heterocycles. The van der Waals surface area contributed by atoms with Gasteiger partial charge in [-0.2, -0.15) is 0 Å². The van der Waals surface area contributed by atoms with E-state index in [1.165, 1.54) is 5.39 Å². The van der Waals surface area contributed by atoms with Crippen LogP contribution < -0.4 is 0 Å². The molecule has 0 unspecified atom stereocenters. The predicted octanol–water partition coefficient (Wildman–Crippen LogP) is 3.02. The summed E-state index contributed by atoms with van der Waals surface area (Å²) in [6.07, 6.45) is 0. The minimum Gasteiger partial charge on any atom is -0.354 e. The number of fused-ring (bicyclic) bond motifs is 3. The van der Waals surface area contributed by atoms with Crippen LogP contribution in [0.4, 0.5) is 0 Å². The minimum atomic E-state index is 0.0237. The Hall–Kier alpha value is -2.29. The third kappa shape index (κ3) is 1.56. The van der Waals surface area contributed by atoms with E-state index in [1.54, 1.807) is 19.0 Å². The number of amides is 1. The molecule has 1 N–H and O–H groups in total. The van der Waals surface area contributed by atoms with Gasteiger partial charge in [-0.05, 0) is 18.2 Å². The zero-order valence-electron chi connectivity index (χ0n) is 10.4. The van der Waals surface area contributed by atoms with Gasteiger partial charge < -0.3 is 9.88 Å². The summed E-state index contributed by atoms with van der Waals surface area (Å²) in [6.45, 7) is 0. The largest absolute Gasteiger partial charge is 0.354 e. The number of aromatic amines is 1. The molecule has 0 fully saturated rings. The van der Waals surface area contributed by atoms with Gasteiger partial charge in [0.25, 0.3) is 5.91 Å². The Labute approximate surface area is 105 Å². The van der Waals surface area contributed by atoms with Gasteiger partial charge in [0.1, 0.15) is 0 Å². The summed E-state index contributed by atoms with van der Waals surface area (Å²) >= 11 is 0. The number of rotatable bonds is 1. The van der Waals surface area contributed by atoms with Gasteiger partial charge in [0.2, 0.25) is 0 Å². The highest BCUT2D eigenvalue weighted by Gasteiger charge is 2.10. The lowest BCUT2D eigenvalue weighted by atomic mass is 10.1. The standard InChI is InChI=1S/C15H14N2O/c1-17(2)15(18)10-7-8-12-11-5-3-4-6-13(11)16-14(12)9-10/h3-9,16H,1-2H3. The first-order valence-corrected chi connectivity index (χ1v) is 5.89. The smallest absolute Gasteiger partial charge is 0.253 e. The average molecular weight is 238 g/mol. The Morgan fingerprint density at radius 2 is 1.72 bits per heavy atom. The molecule has 3 aromatic rings. The van der Waals surface area contributed by atoms with Crippen molar-refractivity contribution < 1.29 is 4.79 Å². The summed E-state index contributed by atoms with van der Waals surface area (Å²) in [5, 5.41) is 2.34. The molecule has 0 aliphatic carbocycles. The van der Waals surface area contributed by atoms with Crippen LogP contribution in [0.2, 0.25) is 0 Å². The summed E-state index contributed by atoms with van der Waals surface area (Å²) in [4.78, 5) is 16.8. The second-order valence-electron chi connectivity index (χ2n) is 4.63. The zero-order valence-corrected chi connectivity index (χ0v) is 10.4. The number of nitrogens with zero attached hydrogens (tertiary/aromatic N) is 1. The molecule has 3 rings (SSSR count). The van der Waals surface area contributed by atoms with E-state index in [0.29, 0.717) is 5.56 Å². The molecule has 0 aliphatic rings. The van der Waals surface area contributed by atoms with Gasteiger partial charge in [0, 0.05) is 41.5 Å². The molecule has 1 aromatic heterocycles. The monoisotopic (exact) mass is 238 g/mol. The Bertz CT molecular complexity index is 740. The molecule has 0 spiro atoms. The number of aromatic nitrogens is 1. The van der Waals surface area contributed by atoms with Crippen LogP contribution in [-0.4, -0.2) is 29.9 Å². The first kappa shape index (κ1) is 10.8. The second kappa shape index (κ2) is 3.88. The Morgan fingerprint density at radius 1 is 1.00 bits per heavy atom. The predicted molar refractivity (Wildman–Crippen MR) is 73.8 cm³/mol. The molecule has 3 heteroatoms. The number of hydrogen-bond donors (Lipinski definition) is 1. The lowest BCUT2D eigenvalue weighted by Gasteiger charge is -2.09. The molecule has 1 amide bonds. The Morgan fingerprint density at radius 3 is 2.50 bits per heavy atom. The SMILES string of the molecule is CN(C)C(=O)c1ccc2c(c1)[nH]c1ccccc12. The van der Waals surface area contributed by atoms with Crippen molar-refractivity contribution >= 4 is 27.7 Å². The molecule has 0 saturated carbocycles. The first-order valence-electron chi connectivity index (χ1n) is 5.89. The molecule has 0 atom stereocenters. The van der Waals surface area contributed by atoms with Crippen molar-refractivity contribution in [2.45, 2.75) is 0 Å². The highest BCUT2D eigenvalue weighted by atomic mass is 16.2. The summed E-state index contributed by atoms with van der Waals surface area (Å²) in [5.41, 5.74) is 2.81. The van der Waals surface area contributed by atoms with Crippen LogP contribution in [0.1, 0.15) is 10.4 Å². The molecule has 0 bridgehead atoms. The number of para-hydroxylation sites is 1. The van der Waals surface area contributed by atoms with Crippen LogP contribution >= 0.6 is 0 Å². The van der Waals surface area contributed by atoms with Gasteiger partial charge in [0.05, 0.1) is 0 Å². The van der Waals surface area contributed by atoms with Crippen LogP contribution in [0, 0.1) is 0 Å². The summed E-state index contributed by atoms with van der Waals surface area (Å²) in [5.74, 6) is 0.0237. The number of carbonyl (C=O) groups excluding carboxylic acids is 1. The van der Waals surface area contributed by atoms with Crippen molar-refractivity contribution in [1.29, 1.82) is 0 Å². The third-order valence-corrected chi connectivity index (χ3v) is 3.16. The van der Waals surface area contributed by atoms with E-state index in [2.05, 4.69) is 11.1 Å². The number of H-pyrrole nitrogens is 1. The van der Waals surface area contributed by atoms with Crippen LogP contribution in [0.3, 0.4) is 0 Å². The van der Waals surface area contributed by atoms with Crippen molar-refractivity contribution in [1.82, 2.24) is 9.88 Å². The van der Waals surface area contributed by atoms with Crippen molar-refractivity contribution in [2.24, 2.45) is 0 Å². The second-order valence-corrected chi connectivity index (χ2v) is 4.63. The Balaban J connectivity index is 2.24. The number of carbonyl (C=O) groups is 1. The number of hydrogen-bond acceptors (Lipinski definition) is 1. The van der Waals surface area contributed by atoms with E-state index >= 15 is 0 Å². The quantitative estimate of drug-likeness (QED) is 0.695. The fourth-order valence-corrected chi connectivity index (χ4v) is 2.25. The molecule has 90 valence electrons. The molecular formula is C15H14N2O. The van der Waals surface area contributed by atoms with E-state index in [1.807, 2.05) is 36.4 Å². The maximum Gasteiger partial charge on any atom is 0.253 e. The number of benzene rings is 2.